The van der Waals surface area contributed by atoms with Crippen LogP contribution in [0.3, 0.4) is 0 Å². The van der Waals surface area contributed by atoms with Crippen LogP contribution in [-0.4, -0.2) is 25.1 Å². The highest BCUT2D eigenvalue weighted by atomic mass is 16.5. The fourth-order valence-electron chi connectivity index (χ4n) is 3.93. The van der Waals surface area contributed by atoms with Crippen LogP contribution < -0.4 is 15.4 Å². The summed E-state index contributed by atoms with van der Waals surface area (Å²) in [5, 5.41) is 6.87. The second-order valence-electron chi connectivity index (χ2n) is 7.85. The predicted octanol–water partition coefficient (Wildman–Crippen LogP) is 3.82. The number of hydrogen-bond donors (Lipinski definition) is 2. The van der Waals surface area contributed by atoms with E-state index in [1.165, 1.54) is 37.7 Å². The highest BCUT2D eigenvalue weighted by Crippen LogP contribution is 2.41. The van der Waals surface area contributed by atoms with Gasteiger partial charge in [-0.25, -0.2) is 0 Å². The number of carbonyl (C=O) groups excluding carboxylic acids is 1. The van der Waals surface area contributed by atoms with E-state index in [0.717, 1.165) is 12.2 Å². The van der Waals surface area contributed by atoms with E-state index in [9.17, 15) is 4.79 Å². The Kier molecular flexibility index (Phi) is 6.00. The van der Waals surface area contributed by atoms with Crippen molar-refractivity contribution < 1.29 is 9.53 Å². The summed E-state index contributed by atoms with van der Waals surface area (Å²) in [5.74, 6) is 2.23. The van der Waals surface area contributed by atoms with Gasteiger partial charge in [-0.15, -0.1) is 0 Å². The first kappa shape index (κ1) is 18.2. The van der Waals surface area contributed by atoms with Gasteiger partial charge in [-0.2, -0.15) is 0 Å². The molecule has 1 amide bonds. The van der Waals surface area contributed by atoms with Crippen molar-refractivity contribution in [2.45, 2.75) is 70.5 Å². The van der Waals surface area contributed by atoms with Gasteiger partial charge >= 0.3 is 0 Å². The average molecular weight is 344 g/mol. The van der Waals surface area contributed by atoms with Crippen molar-refractivity contribution in [3.63, 3.8) is 0 Å². The summed E-state index contributed by atoms with van der Waals surface area (Å²) >= 11 is 0. The first-order valence-corrected chi connectivity index (χ1v) is 9.79. The van der Waals surface area contributed by atoms with Gasteiger partial charge in [-0.05, 0) is 62.1 Å². The summed E-state index contributed by atoms with van der Waals surface area (Å²) in [6.45, 7) is 4.24. The molecular weight excluding hydrogens is 312 g/mol. The van der Waals surface area contributed by atoms with Crippen LogP contribution in [0, 0.1) is 11.8 Å². The third-order valence-electron chi connectivity index (χ3n) is 5.83. The van der Waals surface area contributed by atoms with Crippen LogP contribution in [0.2, 0.25) is 0 Å². The molecule has 0 radical (unpaired) electrons. The number of amides is 1. The molecule has 2 aliphatic carbocycles. The zero-order chi connectivity index (χ0) is 17.8. The molecule has 0 saturated heterocycles. The van der Waals surface area contributed by atoms with Gasteiger partial charge in [0.25, 0.3) is 0 Å². The first-order chi connectivity index (χ1) is 12.1. The molecule has 0 aliphatic heterocycles. The molecule has 4 nitrogen and oxygen atoms in total. The van der Waals surface area contributed by atoms with Gasteiger partial charge in [-0.1, -0.05) is 31.9 Å². The Balaban J connectivity index is 1.60. The van der Waals surface area contributed by atoms with Crippen LogP contribution in [-0.2, 0) is 4.79 Å². The van der Waals surface area contributed by atoms with E-state index >= 15 is 0 Å². The quantitative estimate of drug-likeness (QED) is 0.790. The number of nitrogens with one attached hydrogen (secondary N) is 2. The second kappa shape index (κ2) is 8.22. The maximum Gasteiger partial charge on any atom is 0.237 e. The highest BCUT2D eigenvalue weighted by molar-refractivity contribution is 5.81. The Bertz CT molecular complexity index is 568. The van der Waals surface area contributed by atoms with E-state index in [4.69, 9.17) is 4.74 Å². The van der Waals surface area contributed by atoms with Crippen molar-refractivity contribution in [3.05, 3.63) is 29.8 Å². The molecule has 3 rings (SSSR count). The number of carbonyl (C=O) groups is 1. The smallest absolute Gasteiger partial charge is 0.237 e. The van der Waals surface area contributed by atoms with Gasteiger partial charge in [0.05, 0.1) is 13.2 Å². The molecule has 4 unspecified atom stereocenters. The third kappa shape index (κ3) is 4.75. The van der Waals surface area contributed by atoms with E-state index in [1.807, 2.05) is 19.1 Å². The molecule has 1 aromatic rings. The fourth-order valence-corrected chi connectivity index (χ4v) is 3.93. The van der Waals surface area contributed by atoms with Crippen molar-refractivity contribution in [3.8, 4) is 5.75 Å². The lowest BCUT2D eigenvalue weighted by Crippen LogP contribution is -2.50. The van der Waals surface area contributed by atoms with Crippen LogP contribution in [0.5, 0.6) is 5.75 Å². The second-order valence-corrected chi connectivity index (χ2v) is 7.85. The van der Waals surface area contributed by atoms with E-state index < -0.39 is 0 Å². The molecule has 0 bridgehead atoms. The Morgan fingerprint density at radius 2 is 1.80 bits per heavy atom. The maximum atomic E-state index is 12.7. The lowest BCUT2D eigenvalue weighted by molar-refractivity contribution is -0.124. The topological polar surface area (TPSA) is 50.4 Å². The number of methoxy groups -OCH3 is 1. The maximum absolute atomic E-state index is 12.7. The Morgan fingerprint density at radius 3 is 2.40 bits per heavy atom. The Labute approximate surface area is 151 Å². The van der Waals surface area contributed by atoms with Gasteiger partial charge in [0.15, 0.2) is 0 Å². The molecule has 4 atom stereocenters. The van der Waals surface area contributed by atoms with Crippen molar-refractivity contribution >= 4 is 5.91 Å². The summed E-state index contributed by atoms with van der Waals surface area (Å²) < 4.78 is 5.25. The Morgan fingerprint density at radius 1 is 1.12 bits per heavy atom. The molecule has 1 aromatic carbocycles. The zero-order valence-electron chi connectivity index (χ0n) is 15.8. The fraction of sp³-hybridized carbons (Fsp3) is 0.667. The van der Waals surface area contributed by atoms with Crippen molar-refractivity contribution in [1.29, 1.82) is 0 Å². The summed E-state index contributed by atoms with van der Waals surface area (Å²) in [7, 11) is 1.68. The normalized spacial score (nSPS) is 25.9. The molecule has 2 saturated carbocycles. The lowest BCUT2D eigenvalue weighted by atomic mass is 9.86. The van der Waals surface area contributed by atoms with Gasteiger partial charge in [0, 0.05) is 12.1 Å². The van der Waals surface area contributed by atoms with Crippen LogP contribution >= 0.6 is 0 Å². The molecule has 2 fully saturated rings. The lowest BCUT2D eigenvalue weighted by Gasteiger charge is -2.31. The minimum Gasteiger partial charge on any atom is -0.497 e. The van der Waals surface area contributed by atoms with Gasteiger partial charge in [0.2, 0.25) is 5.91 Å². The minimum atomic E-state index is -0.179. The summed E-state index contributed by atoms with van der Waals surface area (Å²) in [4.78, 5) is 12.7. The molecule has 0 spiro atoms. The Hall–Kier alpha value is -1.55. The van der Waals surface area contributed by atoms with Crippen LogP contribution in [0.15, 0.2) is 24.3 Å². The monoisotopic (exact) mass is 344 g/mol. The van der Waals surface area contributed by atoms with Crippen molar-refractivity contribution in [2.75, 3.05) is 7.11 Å². The third-order valence-corrected chi connectivity index (χ3v) is 5.83. The van der Waals surface area contributed by atoms with E-state index in [1.54, 1.807) is 7.11 Å². The standard InChI is InChI=1S/C21H32N2O2/c1-14-6-4-5-7-19(14)23-21(24)15(2)22-20(16-8-9-16)17-10-12-18(25-3)13-11-17/h10-16,19-20,22H,4-9H2,1-3H3,(H,23,24). The molecule has 25 heavy (non-hydrogen) atoms. The van der Waals surface area contributed by atoms with E-state index in [-0.39, 0.29) is 18.0 Å². The molecular formula is C21H32N2O2. The number of hydrogen-bond acceptors (Lipinski definition) is 3. The number of benzene rings is 1. The molecule has 4 heteroatoms. The summed E-state index contributed by atoms with van der Waals surface area (Å²) in [6.07, 6.45) is 7.33. The predicted molar refractivity (Wildman–Crippen MR) is 101 cm³/mol. The molecule has 2 N–H and O–H groups in total. The van der Waals surface area contributed by atoms with E-state index in [0.29, 0.717) is 17.9 Å². The molecule has 2 aliphatic rings. The highest BCUT2D eigenvalue weighted by Gasteiger charge is 2.34. The summed E-state index contributed by atoms with van der Waals surface area (Å²) in [6, 6.07) is 8.63. The van der Waals surface area contributed by atoms with Gasteiger partial charge in [-0.3, -0.25) is 10.1 Å². The zero-order valence-corrected chi connectivity index (χ0v) is 15.8. The van der Waals surface area contributed by atoms with Gasteiger partial charge in [0.1, 0.15) is 5.75 Å². The molecule has 0 heterocycles. The van der Waals surface area contributed by atoms with Crippen LogP contribution in [0.1, 0.15) is 64.0 Å². The first-order valence-electron chi connectivity index (χ1n) is 9.79. The molecule has 138 valence electrons. The van der Waals surface area contributed by atoms with Crippen LogP contribution in [0.4, 0.5) is 0 Å². The van der Waals surface area contributed by atoms with Crippen LogP contribution in [0.25, 0.3) is 0 Å². The van der Waals surface area contributed by atoms with Gasteiger partial charge < -0.3 is 10.1 Å². The molecule has 0 aromatic heterocycles. The van der Waals surface area contributed by atoms with E-state index in [2.05, 4.69) is 29.7 Å². The SMILES string of the molecule is COc1ccc(C(NC(C)C(=O)NC2CCCCC2C)C2CC2)cc1. The number of ether oxygens (including phenoxy) is 1. The van der Waals surface area contributed by atoms with Crippen molar-refractivity contribution in [2.24, 2.45) is 11.8 Å². The minimum absolute atomic E-state index is 0.137. The largest absolute Gasteiger partial charge is 0.497 e. The van der Waals surface area contributed by atoms with Crippen molar-refractivity contribution in [1.82, 2.24) is 10.6 Å². The summed E-state index contributed by atoms with van der Waals surface area (Å²) in [5.41, 5.74) is 1.24. The number of rotatable bonds is 7. The average Bonchev–Trinajstić information content (AvgIpc) is 3.46.